The van der Waals surface area contributed by atoms with Crippen LogP contribution >= 0.6 is 0 Å². The van der Waals surface area contributed by atoms with E-state index in [-0.39, 0.29) is 10.5 Å². The molecule has 2 heterocycles. The number of carbonyl (C=O) groups excluding carboxylic acids is 1. The molecule has 0 aliphatic carbocycles. The molecule has 0 atom stereocenters. The van der Waals surface area contributed by atoms with Crippen molar-refractivity contribution < 1.29 is 17.9 Å². The second-order valence-corrected chi connectivity index (χ2v) is 7.88. The van der Waals surface area contributed by atoms with E-state index in [0.29, 0.717) is 11.4 Å². The van der Waals surface area contributed by atoms with E-state index in [1.807, 2.05) is 12.1 Å². The Labute approximate surface area is 158 Å². The van der Waals surface area contributed by atoms with Crippen LogP contribution in [0.3, 0.4) is 0 Å². The van der Waals surface area contributed by atoms with E-state index in [1.54, 1.807) is 6.20 Å². The van der Waals surface area contributed by atoms with Gasteiger partial charge in [-0.15, -0.1) is 0 Å². The first kappa shape index (κ1) is 19.1. The normalized spacial score (nSPS) is 14.7. The van der Waals surface area contributed by atoms with E-state index >= 15 is 0 Å². The number of esters is 1. The Morgan fingerprint density at radius 2 is 1.93 bits per heavy atom. The third kappa shape index (κ3) is 4.55. The van der Waals surface area contributed by atoms with E-state index < -0.39 is 16.0 Å². The molecule has 0 radical (unpaired) electrons. The van der Waals surface area contributed by atoms with Gasteiger partial charge in [0.2, 0.25) is 10.0 Å². The number of nitrogens with two attached hydrogens (primary N) is 1. The van der Waals surface area contributed by atoms with Crippen LogP contribution in [0.2, 0.25) is 0 Å². The predicted molar refractivity (Wildman–Crippen MR) is 103 cm³/mol. The average Bonchev–Trinajstić information content (AvgIpc) is 2.68. The lowest BCUT2D eigenvalue weighted by Crippen LogP contribution is -2.29. The molecule has 27 heavy (non-hydrogen) atoms. The van der Waals surface area contributed by atoms with E-state index in [1.165, 1.54) is 44.6 Å². The molecule has 3 N–H and O–H groups in total. The van der Waals surface area contributed by atoms with Crippen LogP contribution in [-0.2, 0) is 14.8 Å². The second kappa shape index (κ2) is 7.93. The number of piperidine rings is 1. The van der Waals surface area contributed by atoms with E-state index in [4.69, 9.17) is 9.88 Å². The summed E-state index contributed by atoms with van der Waals surface area (Å²) in [4.78, 5) is 18.6. The van der Waals surface area contributed by atoms with Crippen molar-refractivity contribution >= 4 is 33.2 Å². The maximum Gasteiger partial charge on any atom is 0.340 e. The maximum absolute atomic E-state index is 12.0. The number of methoxy groups -OCH3 is 1. The number of hydrogen-bond donors (Lipinski definition) is 2. The number of primary sulfonamides is 1. The molecule has 8 nitrogen and oxygen atoms in total. The SMILES string of the molecule is COC(=O)c1cc(S(N)(=O)=O)ccc1Nc1ccc(N2CCCCC2)nc1. The first-order valence-electron chi connectivity index (χ1n) is 8.61. The monoisotopic (exact) mass is 390 g/mol. The molecule has 0 unspecified atom stereocenters. The van der Waals surface area contributed by atoms with Crippen molar-refractivity contribution in [3.63, 3.8) is 0 Å². The third-order valence-corrected chi connectivity index (χ3v) is 5.34. The molecular formula is C18H22N4O4S. The zero-order valence-corrected chi connectivity index (χ0v) is 15.8. The largest absolute Gasteiger partial charge is 0.465 e. The zero-order chi connectivity index (χ0) is 19.4. The summed E-state index contributed by atoms with van der Waals surface area (Å²) in [5.41, 5.74) is 1.15. The predicted octanol–water partition coefficient (Wildman–Crippen LogP) is 2.25. The number of sulfonamides is 1. The minimum atomic E-state index is -3.93. The summed E-state index contributed by atoms with van der Waals surface area (Å²) in [7, 11) is -2.70. The number of nitrogens with one attached hydrogen (secondary N) is 1. The minimum absolute atomic E-state index is 0.0733. The van der Waals surface area contributed by atoms with Gasteiger partial charge in [-0.1, -0.05) is 0 Å². The number of pyridine rings is 1. The van der Waals surface area contributed by atoms with Gasteiger partial charge in [0.05, 0.1) is 35.1 Å². The van der Waals surface area contributed by atoms with Gasteiger partial charge in [0, 0.05) is 13.1 Å². The summed E-state index contributed by atoms with van der Waals surface area (Å²) in [6.45, 7) is 2.00. The number of rotatable bonds is 5. The van der Waals surface area contributed by atoms with Crippen LogP contribution in [0.15, 0.2) is 41.4 Å². The van der Waals surface area contributed by atoms with Gasteiger partial charge < -0.3 is 15.0 Å². The van der Waals surface area contributed by atoms with Gasteiger partial charge in [0.25, 0.3) is 0 Å². The van der Waals surface area contributed by atoms with Crippen LogP contribution in [0.5, 0.6) is 0 Å². The molecule has 1 saturated heterocycles. The summed E-state index contributed by atoms with van der Waals surface area (Å²) in [5.74, 6) is 0.249. The molecule has 1 aromatic carbocycles. The van der Waals surface area contributed by atoms with Gasteiger partial charge in [0.15, 0.2) is 0 Å². The molecular weight excluding hydrogens is 368 g/mol. The van der Waals surface area contributed by atoms with Gasteiger partial charge in [-0.3, -0.25) is 0 Å². The third-order valence-electron chi connectivity index (χ3n) is 4.43. The summed E-state index contributed by atoms with van der Waals surface area (Å²) >= 11 is 0. The molecule has 3 rings (SSSR count). The van der Waals surface area contributed by atoms with Crippen molar-refractivity contribution in [3.8, 4) is 0 Å². The molecule has 2 aromatic rings. The number of benzene rings is 1. The number of hydrogen-bond acceptors (Lipinski definition) is 7. The smallest absolute Gasteiger partial charge is 0.340 e. The van der Waals surface area contributed by atoms with E-state index in [2.05, 4.69) is 15.2 Å². The topological polar surface area (TPSA) is 115 Å². The maximum atomic E-state index is 12.0. The first-order valence-corrected chi connectivity index (χ1v) is 10.2. The molecule has 1 aliphatic rings. The molecule has 9 heteroatoms. The summed E-state index contributed by atoms with van der Waals surface area (Å²) in [6.07, 6.45) is 5.26. The molecule has 0 bridgehead atoms. The average molecular weight is 390 g/mol. The Bertz CT molecular complexity index is 923. The lowest BCUT2D eigenvalue weighted by molar-refractivity contribution is 0.0601. The second-order valence-electron chi connectivity index (χ2n) is 6.32. The Morgan fingerprint density at radius 3 is 2.52 bits per heavy atom. The van der Waals surface area contributed by atoms with Gasteiger partial charge >= 0.3 is 5.97 Å². The Balaban J connectivity index is 1.85. The van der Waals surface area contributed by atoms with Gasteiger partial charge in [-0.25, -0.2) is 23.3 Å². The lowest BCUT2D eigenvalue weighted by atomic mass is 10.1. The summed E-state index contributed by atoms with van der Waals surface area (Å²) < 4.78 is 27.8. The number of carbonyl (C=O) groups is 1. The fraction of sp³-hybridized carbons (Fsp3) is 0.333. The Kier molecular flexibility index (Phi) is 5.62. The highest BCUT2D eigenvalue weighted by atomic mass is 32.2. The summed E-state index contributed by atoms with van der Waals surface area (Å²) in [5, 5.41) is 8.22. The Hall–Kier alpha value is -2.65. The highest BCUT2D eigenvalue weighted by Crippen LogP contribution is 2.26. The van der Waals surface area contributed by atoms with Crippen molar-refractivity contribution in [2.45, 2.75) is 24.2 Å². The number of nitrogens with zero attached hydrogens (tertiary/aromatic N) is 2. The van der Waals surface area contributed by atoms with E-state index in [9.17, 15) is 13.2 Å². The zero-order valence-electron chi connectivity index (χ0n) is 15.0. The molecule has 0 amide bonds. The first-order chi connectivity index (χ1) is 12.9. The van der Waals surface area contributed by atoms with Crippen molar-refractivity contribution in [1.82, 2.24) is 4.98 Å². The van der Waals surface area contributed by atoms with Crippen LogP contribution in [0.1, 0.15) is 29.6 Å². The van der Waals surface area contributed by atoms with Gasteiger partial charge in [-0.05, 0) is 49.6 Å². The van der Waals surface area contributed by atoms with Crippen LogP contribution in [0, 0.1) is 0 Å². The van der Waals surface area contributed by atoms with Crippen molar-refractivity contribution in [1.29, 1.82) is 0 Å². The molecule has 1 aromatic heterocycles. The van der Waals surface area contributed by atoms with Crippen LogP contribution in [0.25, 0.3) is 0 Å². The van der Waals surface area contributed by atoms with Crippen molar-refractivity contribution in [2.75, 3.05) is 30.4 Å². The van der Waals surface area contributed by atoms with Crippen molar-refractivity contribution in [2.24, 2.45) is 5.14 Å². The lowest BCUT2D eigenvalue weighted by Gasteiger charge is -2.27. The Morgan fingerprint density at radius 1 is 1.19 bits per heavy atom. The highest BCUT2D eigenvalue weighted by Gasteiger charge is 2.18. The standard InChI is InChI=1S/C18H22N4O4S/c1-26-18(23)15-11-14(27(19,24)25)6-7-16(15)21-13-5-8-17(20-12-13)22-9-3-2-4-10-22/h5-8,11-12,21H,2-4,9-10H2,1H3,(H2,19,24,25). The fourth-order valence-corrected chi connectivity index (χ4v) is 3.55. The molecule has 1 fully saturated rings. The van der Waals surface area contributed by atoms with Gasteiger partial charge in [0.1, 0.15) is 5.82 Å². The van der Waals surface area contributed by atoms with Crippen LogP contribution in [0.4, 0.5) is 17.2 Å². The number of aromatic nitrogens is 1. The van der Waals surface area contributed by atoms with E-state index in [0.717, 1.165) is 18.9 Å². The van der Waals surface area contributed by atoms with Crippen molar-refractivity contribution in [3.05, 3.63) is 42.1 Å². The molecule has 144 valence electrons. The fourth-order valence-electron chi connectivity index (χ4n) is 3.01. The summed E-state index contributed by atoms with van der Waals surface area (Å²) in [6, 6.07) is 7.79. The number of ether oxygens (including phenoxy) is 1. The molecule has 0 saturated carbocycles. The van der Waals surface area contributed by atoms with Crippen LogP contribution < -0.4 is 15.4 Å². The number of anilines is 3. The minimum Gasteiger partial charge on any atom is -0.465 e. The van der Waals surface area contributed by atoms with Crippen LogP contribution in [-0.4, -0.2) is 39.6 Å². The molecule has 0 spiro atoms. The molecule has 1 aliphatic heterocycles. The van der Waals surface area contributed by atoms with Gasteiger partial charge in [-0.2, -0.15) is 0 Å². The highest BCUT2D eigenvalue weighted by molar-refractivity contribution is 7.89. The quantitative estimate of drug-likeness (QED) is 0.753.